The molecule has 0 aliphatic carbocycles. The third-order valence-electron chi connectivity index (χ3n) is 1.14. The molecule has 0 saturated carbocycles. The van der Waals surface area contributed by atoms with Gasteiger partial charge in [0.2, 0.25) is 0 Å². The van der Waals surface area contributed by atoms with Crippen molar-refractivity contribution in [2.75, 3.05) is 27.8 Å². The molecule has 0 radical (unpaired) electrons. The maximum Gasteiger partial charge on any atom is 0.0523 e. The molecular formula is C8H17NO. The predicted molar refractivity (Wildman–Crippen MR) is 43.9 cm³/mol. The van der Waals surface area contributed by atoms with E-state index in [1.165, 1.54) is 0 Å². The van der Waals surface area contributed by atoms with Gasteiger partial charge in [-0.25, -0.2) is 0 Å². The molecule has 2 heteroatoms. The molecule has 0 aliphatic heterocycles. The summed E-state index contributed by atoms with van der Waals surface area (Å²) in [6.45, 7) is 2.92. The van der Waals surface area contributed by atoms with E-state index >= 15 is 0 Å². The van der Waals surface area contributed by atoms with Gasteiger partial charge in [-0.3, -0.25) is 0 Å². The Kier molecular flexibility index (Phi) is 5.03. The molecule has 0 rings (SSSR count). The Bertz CT molecular complexity index is 99.4. The highest BCUT2D eigenvalue weighted by atomic mass is 16.5. The highest BCUT2D eigenvalue weighted by Gasteiger charge is 1.92. The standard InChI is InChI=1S/C8H17NO/c1-8(7-10-4)5-6-9(2)3/h5-6,8H,7H2,1-4H3. The molecule has 0 N–H and O–H groups in total. The summed E-state index contributed by atoms with van der Waals surface area (Å²) in [7, 11) is 5.74. The van der Waals surface area contributed by atoms with Gasteiger partial charge in [0.15, 0.2) is 0 Å². The zero-order valence-corrected chi connectivity index (χ0v) is 7.29. The minimum absolute atomic E-state index is 0.507. The zero-order valence-electron chi connectivity index (χ0n) is 7.29. The predicted octanol–water partition coefficient (Wildman–Crippen LogP) is 1.34. The first kappa shape index (κ1) is 9.50. The smallest absolute Gasteiger partial charge is 0.0523 e. The van der Waals surface area contributed by atoms with Crippen molar-refractivity contribution in [2.45, 2.75) is 6.92 Å². The maximum atomic E-state index is 4.97. The summed E-state index contributed by atoms with van der Waals surface area (Å²) < 4.78 is 4.97. The van der Waals surface area contributed by atoms with Gasteiger partial charge >= 0.3 is 0 Å². The Morgan fingerprint density at radius 1 is 1.50 bits per heavy atom. The van der Waals surface area contributed by atoms with Crippen LogP contribution in [0.4, 0.5) is 0 Å². The van der Waals surface area contributed by atoms with E-state index in [4.69, 9.17) is 4.74 Å². The molecule has 60 valence electrons. The molecule has 0 saturated heterocycles. The van der Waals surface area contributed by atoms with Crippen LogP contribution in [0.2, 0.25) is 0 Å². The van der Waals surface area contributed by atoms with E-state index in [1.807, 2.05) is 25.2 Å². The van der Waals surface area contributed by atoms with E-state index in [-0.39, 0.29) is 0 Å². The first-order valence-corrected chi connectivity index (χ1v) is 3.50. The van der Waals surface area contributed by atoms with Crippen LogP contribution < -0.4 is 0 Å². The molecular weight excluding hydrogens is 126 g/mol. The fourth-order valence-corrected chi connectivity index (χ4v) is 0.638. The van der Waals surface area contributed by atoms with Gasteiger partial charge in [0.1, 0.15) is 0 Å². The normalized spacial score (nSPS) is 14.0. The molecule has 0 aromatic heterocycles. The Morgan fingerprint density at radius 3 is 2.50 bits per heavy atom. The van der Waals surface area contributed by atoms with E-state index in [1.54, 1.807) is 7.11 Å². The van der Waals surface area contributed by atoms with Crippen molar-refractivity contribution < 1.29 is 4.74 Å². The molecule has 1 atom stereocenters. The minimum atomic E-state index is 0.507. The average Bonchev–Trinajstić information content (AvgIpc) is 1.85. The molecule has 0 aliphatic rings. The van der Waals surface area contributed by atoms with Crippen LogP contribution >= 0.6 is 0 Å². The van der Waals surface area contributed by atoms with Crippen molar-refractivity contribution in [1.82, 2.24) is 4.90 Å². The van der Waals surface area contributed by atoms with Crippen LogP contribution in [0.3, 0.4) is 0 Å². The second kappa shape index (κ2) is 5.30. The lowest BCUT2D eigenvalue weighted by molar-refractivity contribution is 0.175. The Labute approximate surface area is 63.5 Å². The molecule has 1 unspecified atom stereocenters. The molecule has 0 aromatic carbocycles. The average molecular weight is 143 g/mol. The number of ether oxygens (including phenoxy) is 1. The van der Waals surface area contributed by atoms with Gasteiger partial charge in [0, 0.05) is 21.2 Å². The molecule has 0 aromatic rings. The van der Waals surface area contributed by atoms with Crippen LogP contribution in [-0.4, -0.2) is 32.7 Å². The van der Waals surface area contributed by atoms with Gasteiger partial charge in [-0.15, -0.1) is 0 Å². The van der Waals surface area contributed by atoms with E-state index in [2.05, 4.69) is 13.0 Å². The Morgan fingerprint density at radius 2 is 2.10 bits per heavy atom. The van der Waals surface area contributed by atoms with E-state index in [9.17, 15) is 0 Å². The van der Waals surface area contributed by atoms with Crippen LogP contribution in [0.1, 0.15) is 6.92 Å². The fraction of sp³-hybridized carbons (Fsp3) is 0.750. The van der Waals surface area contributed by atoms with Gasteiger partial charge in [0.05, 0.1) is 6.61 Å². The Hall–Kier alpha value is -0.500. The topological polar surface area (TPSA) is 12.5 Å². The van der Waals surface area contributed by atoms with Crippen molar-refractivity contribution in [3.8, 4) is 0 Å². The van der Waals surface area contributed by atoms with Crippen LogP contribution in [0, 0.1) is 5.92 Å². The fourth-order valence-electron chi connectivity index (χ4n) is 0.638. The second-order valence-electron chi connectivity index (χ2n) is 2.74. The lowest BCUT2D eigenvalue weighted by Crippen LogP contribution is -2.04. The molecule has 2 nitrogen and oxygen atoms in total. The third-order valence-corrected chi connectivity index (χ3v) is 1.14. The number of hydrogen-bond donors (Lipinski definition) is 0. The van der Waals surface area contributed by atoms with Gasteiger partial charge in [0.25, 0.3) is 0 Å². The molecule has 0 amide bonds. The largest absolute Gasteiger partial charge is 0.384 e. The van der Waals surface area contributed by atoms with Gasteiger partial charge in [-0.2, -0.15) is 0 Å². The molecule has 10 heavy (non-hydrogen) atoms. The zero-order chi connectivity index (χ0) is 7.98. The van der Waals surface area contributed by atoms with Gasteiger partial charge < -0.3 is 9.64 Å². The van der Waals surface area contributed by atoms with Crippen LogP contribution in [0.25, 0.3) is 0 Å². The van der Waals surface area contributed by atoms with E-state index < -0.39 is 0 Å². The lowest BCUT2D eigenvalue weighted by Gasteiger charge is -2.07. The quantitative estimate of drug-likeness (QED) is 0.589. The lowest BCUT2D eigenvalue weighted by atomic mass is 10.2. The van der Waals surface area contributed by atoms with Crippen molar-refractivity contribution in [2.24, 2.45) is 5.92 Å². The molecule has 0 fully saturated rings. The van der Waals surface area contributed by atoms with E-state index in [0.29, 0.717) is 5.92 Å². The van der Waals surface area contributed by atoms with Crippen LogP contribution in [0.5, 0.6) is 0 Å². The van der Waals surface area contributed by atoms with Crippen molar-refractivity contribution in [3.05, 3.63) is 12.3 Å². The summed E-state index contributed by atoms with van der Waals surface area (Å²) in [6.07, 6.45) is 4.17. The third kappa shape index (κ3) is 5.63. The van der Waals surface area contributed by atoms with Crippen molar-refractivity contribution >= 4 is 0 Å². The van der Waals surface area contributed by atoms with Crippen molar-refractivity contribution in [3.63, 3.8) is 0 Å². The molecule has 0 spiro atoms. The van der Waals surface area contributed by atoms with Gasteiger partial charge in [-0.05, 0) is 12.1 Å². The first-order chi connectivity index (χ1) is 4.66. The highest BCUT2D eigenvalue weighted by molar-refractivity contribution is 4.83. The summed E-state index contributed by atoms with van der Waals surface area (Å²) in [5.74, 6) is 0.507. The highest BCUT2D eigenvalue weighted by Crippen LogP contribution is 1.96. The summed E-state index contributed by atoms with van der Waals surface area (Å²) in [5.41, 5.74) is 0. The van der Waals surface area contributed by atoms with Gasteiger partial charge in [-0.1, -0.05) is 13.0 Å². The monoisotopic (exact) mass is 143 g/mol. The van der Waals surface area contributed by atoms with E-state index in [0.717, 1.165) is 6.61 Å². The minimum Gasteiger partial charge on any atom is -0.384 e. The molecule has 0 bridgehead atoms. The maximum absolute atomic E-state index is 4.97. The summed E-state index contributed by atoms with van der Waals surface area (Å²) in [4.78, 5) is 2.02. The number of hydrogen-bond acceptors (Lipinski definition) is 2. The SMILES string of the molecule is COCC(C)C=CN(C)C. The van der Waals surface area contributed by atoms with Crippen LogP contribution in [0.15, 0.2) is 12.3 Å². The number of nitrogens with zero attached hydrogens (tertiary/aromatic N) is 1. The summed E-state index contributed by atoms with van der Waals surface area (Å²) >= 11 is 0. The second-order valence-corrected chi connectivity index (χ2v) is 2.74. The number of methoxy groups -OCH3 is 1. The Balaban J connectivity index is 3.45. The molecule has 0 heterocycles. The summed E-state index contributed by atoms with van der Waals surface area (Å²) in [6, 6.07) is 0. The number of rotatable bonds is 4. The summed E-state index contributed by atoms with van der Waals surface area (Å²) in [5, 5.41) is 0. The van der Waals surface area contributed by atoms with Crippen LogP contribution in [-0.2, 0) is 4.74 Å². The first-order valence-electron chi connectivity index (χ1n) is 3.50. The van der Waals surface area contributed by atoms with Crippen molar-refractivity contribution in [1.29, 1.82) is 0 Å².